The SMILES string of the molecule is NC=CCCCCCCCCCCCN. The Balaban J connectivity index is 2.86. The molecule has 0 aliphatic rings. The van der Waals surface area contributed by atoms with Crippen molar-refractivity contribution in [3.05, 3.63) is 12.3 Å². The van der Waals surface area contributed by atoms with Gasteiger partial charge in [-0.2, -0.15) is 0 Å². The molecule has 15 heavy (non-hydrogen) atoms. The summed E-state index contributed by atoms with van der Waals surface area (Å²) in [6.07, 6.45) is 17.0. The van der Waals surface area contributed by atoms with Crippen LogP contribution in [-0.2, 0) is 0 Å². The smallest absolute Gasteiger partial charge is 0.00773 e. The zero-order valence-corrected chi connectivity index (χ0v) is 10.1. The average molecular weight is 212 g/mol. The van der Waals surface area contributed by atoms with Crippen molar-refractivity contribution in [1.82, 2.24) is 0 Å². The molecule has 0 amide bonds. The molecule has 0 aromatic rings. The van der Waals surface area contributed by atoms with Crippen LogP contribution in [0.15, 0.2) is 12.3 Å². The molecule has 0 aromatic carbocycles. The van der Waals surface area contributed by atoms with Crippen LogP contribution in [0.1, 0.15) is 64.2 Å². The second-order valence-electron chi connectivity index (χ2n) is 4.19. The first-order valence-electron chi connectivity index (χ1n) is 6.48. The molecule has 0 saturated carbocycles. The van der Waals surface area contributed by atoms with Gasteiger partial charge in [0.15, 0.2) is 0 Å². The summed E-state index contributed by atoms with van der Waals surface area (Å²) in [6.45, 7) is 0.856. The molecule has 0 aliphatic heterocycles. The van der Waals surface area contributed by atoms with Crippen LogP contribution >= 0.6 is 0 Å². The lowest BCUT2D eigenvalue weighted by molar-refractivity contribution is 0.562. The normalized spacial score (nSPS) is 11.3. The van der Waals surface area contributed by atoms with Gasteiger partial charge in [-0.3, -0.25) is 0 Å². The van der Waals surface area contributed by atoms with Crippen molar-refractivity contribution in [2.75, 3.05) is 6.54 Å². The topological polar surface area (TPSA) is 52.0 Å². The highest BCUT2D eigenvalue weighted by atomic mass is 14.5. The van der Waals surface area contributed by atoms with Crippen LogP contribution in [0, 0.1) is 0 Å². The Hall–Kier alpha value is -0.500. The summed E-state index contributed by atoms with van der Waals surface area (Å²) in [5, 5.41) is 0. The molecule has 0 aromatic heterocycles. The molecule has 0 radical (unpaired) electrons. The van der Waals surface area contributed by atoms with E-state index >= 15 is 0 Å². The maximum atomic E-state index is 5.43. The van der Waals surface area contributed by atoms with E-state index in [2.05, 4.69) is 0 Å². The second-order valence-corrected chi connectivity index (χ2v) is 4.19. The van der Waals surface area contributed by atoms with E-state index in [1.54, 1.807) is 6.20 Å². The van der Waals surface area contributed by atoms with Crippen molar-refractivity contribution < 1.29 is 0 Å². The fourth-order valence-electron chi connectivity index (χ4n) is 1.74. The molecule has 0 rings (SSSR count). The molecule has 2 nitrogen and oxygen atoms in total. The molecule has 0 fully saturated rings. The predicted octanol–water partition coefficient (Wildman–Crippen LogP) is 3.32. The van der Waals surface area contributed by atoms with Gasteiger partial charge in [-0.05, 0) is 32.0 Å². The molecule has 4 N–H and O–H groups in total. The van der Waals surface area contributed by atoms with Crippen LogP contribution < -0.4 is 11.5 Å². The van der Waals surface area contributed by atoms with Gasteiger partial charge < -0.3 is 11.5 Å². The summed E-state index contributed by atoms with van der Waals surface area (Å²) in [7, 11) is 0. The largest absolute Gasteiger partial charge is 0.405 e. The lowest BCUT2D eigenvalue weighted by Crippen LogP contribution is -1.97. The monoisotopic (exact) mass is 212 g/mol. The molecule has 0 heterocycles. The zero-order chi connectivity index (χ0) is 11.2. The lowest BCUT2D eigenvalue weighted by Gasteiger charge is -2.01. The van der Waals surface area contributed by atoms with Crippen LogP contribution in [0.3, 0.4) is 0 Å². The molecule has 0 saturated heterocycles. The van der Waals surface area contributed by atoms with Crippen LogP contribution in [0.2, 0.25) is 0 Å². The summed E-state index contributed by atoms with van der Waals surface area (Å²) < 4.78 is 0. The van der Waals surface area contributed by atoms with Crippen LogP contribution in [-0.4, -0.2) is 6.54 Å². The van der Waals surface area contributed by atoms with Gasteiger partial charge in [-0.1, -0.05) is 51.0 Å². The number of allylic oxidation sites excluding steroid dienone is 1. The molecule has 90 valence electrons. The first kappa shape index (κ1) is 14.5. The number of nitrogens with two attached hydrogens (primary N) is 2. The summed E-state index contributed by atoms with van der Waals surface area (Å²) in [4.78, 5) is 0. The van der Waals surface area contributed by atoms with E-state index in [-0.39, 0.29) is 0 Å². The van der Waals surface area contributed by atoms with Gasteiger partial charge in [0, 0.05) is 0 Å². The Bertz CT molecular complexity index is 132. The second kappa shape index (κ2) is 13.5. The highest BCUT2D eigenvalue weighted by molar-refractivity contribution is 4.74. The van der Waals surface area contributed by atoms with E-state index in [4.69, 9.17) is 11.5 Å². The highest BCUT2D eigenvalue weighted by Crippen LogP contribution is 2.10. The average Bonchev–Trinajstić information content (AvgIpc) is 2.26. The summed E-state index contributed by atoms with van der Waals surface area (Å²) in [5.74, 6) is 0. The van der Waals surface area contributed by atoms with E-state index in [0.717, 1.165) is 13.0 Å². The number of rotatable bonds is 11. The minimum absolute atomic E-state index is 0.856. The van der Waals surface area contributed by atoms with E-state index in [1.165, 1.54) is 57.8 Å². The van der Waals surface area contributed by atoms with Gasteiger partial charge in [-0.25, -0.2) is 0 Å². The van der Waals surface area contributed by atoms with Gasteiger partial charge in [0.1, 0.15) is 0 Å². The Kier molecular flexibility index (Phi) is 13.1. The summed E-state index contributed by atoms with van der Waals surface area (Å²) >= 11 is 0. The summed E-state index contributed by atoms with van der Waals surface area (Å²) in [5.41, 5.74) is 10.7. The van der Waals surface area contributed by atoms with Gasteiger partial charge in [0.25, 0.3) is 0 Å². The van der Waals surface area contributed by atoms with Crippen LogP contribution in [0.5, 0.6) is 0 Å². The van der Waals surface area contributed by atoms with Gasteiger partial charge >= 0.3 is 0 Å². The van der Waals surface area contributed by atoms with Gasteiger partial charge in [-0.15, -0.1) is 0 Å². The molecule has 0 unspecified atom stereocenters. The fraction of sp³-hybridized carbons (Fsp3) is 0.846. The van der Waals surface area contributed by atoms with Crippen molar-refractivity contribution in [3.63, 3.8) is 0 Å². The van der Waals surface area contributed by atoms with Crippen molar-refractivity contribution in [2.24, 2.45) is 11.5 Å². The quantitative estimate of drug-likeness (QED) is 0.516. The van der Waals surface area contributed by atoms with E-state index in [1.807, 2.05) is 6.08 Å². The number of unbranched alkanes of at least 4 members (excludes halogenated alkanes) is 9. The van der Waals surface area contributed by atoms with Crippen molar-refractivity contribution in [2.45, 2.75) is 64.2 Å². The molecule has 0 atom stereocenters. The standard InChI is InChI=1S/C13H28N2/c14-12-10-8-6-4-2-1-3-5-7-9-11-13-15/h10,12H,1-9,11,13-15H2. The minimum atomic E-state index is 0.856. The van der Waals surface area contributed by atoms with E-state index in [0.29, 0.717) is 0 Å². The summed E-state index contributed by atoms with van der Waals surface area (Å²) in [6, 6.07) is 0. The third-order valence-corrected chi connectivity index (χ3v) is 2.71. The molecule has 0 spiro atoms. The Labute approximate surface area is 95.1 Å². The number of hydrogen-bond acceptors (Lipinski definition) is 2. The Morgan fingerprint density at radius 1 is 0.667 bits per heavy atom. The first-order chi connectivity index (χ1) is 7.41. The molecular weight excluding hydrogens is 184 g/mol. The Morgan fingerprint density at radius 3 is 1.60 bits per heavy atom. The highest BCUT2D eigenvalue weighted by Gasteiger charge is 1.91. The van der Waals surface area contributed by atoms with Crippen molar-refractivity contribution in [3.8, 4) is 0 Å². The zero-order valence-electron chi connectivity index (χ0n) is 10.1. The number of hydrogen-bond donors (Lipinski definition) is 2. The molecule has 2 heteroatoms. The first-order valence-corrected chi connectivity index (χ1v) is 6.48. The van der Waals surface area contributed by atoms with Crippen LogP contribution in [0.25, 0.3) is 0 Å². The van der Waals surface area contributed by atoms with Crippen molar-refractivity contribution >= 4 is 0 Å². The van der Waals surface area contributed by atoms with Crippen LogP contribution in [0.4, 0.5) is 0 Å². The minimum Gasteiger partial charge on any atom is -0.405 e. The van der Waals surface area contributed by atoms with E-state index in [9.17, 15) is 0 Å². The third-order valence-electron chi connectivity index (χ3n) is 2.71. The van der Waals surface area contributed by atoms with Gasteiger partial charge in [0.05, 0.1) is 0 Å². The van der Waals surface area contributed by atoms with E-state index < -0.39 is 0 Å². The maximum absolute atomic E-state index is 5.43. The molecular formula is C13H28N2. The fourth-order valence-corrected chi connectivity index (χ4v) is 1.74. The lowest BCUT2D eigenvalue weighted by atomic mass is 10.1. The van der Waals surface area contributed by atoms with Gasteiger partial charge in [0.2, 0.25) is 0 Å². The Morgan fingerprint density at radius 2 is 1.13 bits per heavy atom. The predicted molar refractivity (Wildman–Crippen MR) is 68.6 cm³/mol. The maximum Gasteiger partial charge on any atom is -0.00773 e. The van der Waals surface area contributed by atoms with Crippen molar-refractivity contribution in [1.29, 1.82) is 0 Å². The molecule has 0 bridgehead atoms. The third kappa shape index (κ3) is 13.5. The molecule has 0 aliphatic carbocycles.